The normalized spacial score (nSPS) is 21.5. The van der Waals surface area contributed by atoms with Crippen LogP contribution in [0.3, 0.4) is 0 Å². The number of benzene rings is 2. The van der Waals surface area contributed by atoms with E-state index in [1.54, 1.807) is 0 Å². The van der Waals surface area contributed by atoms with E-state index in [1.807, 2.05) is 18.2 Å². The van der Waals surface area contributed by atoms with Gasteiger partial charge < -0.3 is 10.6 Å². The van der Waals surface area contributed by atoms with Crippen molar-refractivity contribution in [1.82, 2.24) is 4.90 Å². The lowest BCUT2D eigenvalue weighted by atomic mass is 9.80. The number of halogens is 2. The maximum absolute atomic E-state index is 12.6. The Bertz CT molecular complexity index is 893. The Morgan fingerprint density at radius 2 is 1.96 bits per heavy atom. The molecule has 148 valence electrons. The molecule has 6 heteroatoms. The van der Waals surface area contributed by atoms with Crippen molar-refractivity contribution in [3.8, 4) is 0 Å². The van der Waals surface area contributed by atoms with Gasteiger partial charge in [0.1, 0.15) is 0 Å². The van der Waals surface area contributed by atoms with Crippen LogP contribution in [0.4, 0.5) is 11.4 Å². The minimum Gasteiger partial charge on any atom is -0.384 e. The van der Waals surface area contributed by atoms with Crippen molar-refractivity contribution >= 4 is 41.3 Å². The van der Waals surface area contributed by atoms with Gasteiger partial charge in [-0.15, -0.1) is 12.4 Å². The van der Waals surface area contributed by atoms with Crippen LogP contribution in [0.1, 0.15) is 35.4 Å². The van der Waals surface area contributed by atoms with Gasteiger partial charge in [-0.2, -0.15) is 0 Å². The van der Waals surface area contributed by atoms with Gasteiger partial charge in [-0.1, -0.05) is 35.9 Å². The summed E-state index contributed by atoms with van der Waals surface area (Å²) in [6, 6.07) is 12.4. The molecule has 1 amide bonds. The molecule has 0 aliphatic carbocycles. The number of anilines is 2. The minimum absolute atomic E-state index is 0. The van der Waals surface area contributed by atoms with E-state index >= 15 is 0 Å². The summed E-state index contributed by atoms with van der Waals surface area (Å²) in [5.41, 5.74) is 6.21. The first-order chi connectivity index (χ1) is 13.2. The second-order valence-electron chi connectivity index (χ2n) is 7.94. The first kappa shape index (κ1) is 19.6. The van der Waals surface area contributed by atoms with E-state index < -0.39 is 0 Å². The van der Waals surface area contributed by atoms with Crippen LogP contribution in [-0.2, 0) is 17.8 Å². The van der Waals surface area contributed by atoms with Crippen LogP contribution in [0, 0.1) is 5.92 Å². The number of piperidine rings is 1. The van der Waals surface area contributed by atoms with Gasteiger partial charge in [0.2, 0.25) is 5.91 Å². The Kier molecular flexibility index (Phi) is 5.55. The molecule has 0 saturated carbocycles. The zero-order chi connectivity index (χ0) is 18.4. The van der Waals surface area contributed by atoms with E-state index in [0.29, 0.717) is 10.9 Å². The van der Waals surface area contributed by atoms with Crippen molar-refractivity contribution in [3.05, 3.63) is 58.1 Å². The fraction of sp³-hybridized carbons (Fsp3) is 0.409. The van der Waals surface area contributed by atoms with Crippen molar-refractivity contribution in [2.24, 2.45) is 5.92 Å². The summed E-state index contributed by atoms with van der Waals surface area (Å²) in [6.07, 6.45) is 3.25. The fourth-order valence-corrected chi connectivity index (χ4v) is 5.13. The molecule has 2 N–H and O–H groups in total. The summed E-state index contributed by atoms with van der Waals surface area (Å²) in [4.78, 5) is 15.1. The van der Waals surface area contributed by atoms with Crippen molar-refractivity contribution in [2.75, 3.05) is 30.3 Å². The molecular weight excluding hydrogens is 393 g/mol. The molecule has 0 spiro atoms. The van der Waals surface area contributed by atoms with Gasteiger partial charge in [0.15, 0.2) is 0 Å². The fourth-order valence-electron chi connectivity index (χ4n) is 4.96. The number of amides is 1. The van der Waals surface area contributed by atoms with E-state index in [-0.39, 0.29) is 24.2 Å². The molecule has 1 unspecified atom stereocenters. The molecule has 4 nitrogen and oxygen atoms in total. The highest BCUT2D eigenvalue weighted by Gasteiger charge is 2.38. The molecule has 0 bridgehead atoms. The highest BCUT2D eigenvalue weighted by atomic mass is 35.5. The summed E-state index contributed by atoms with van der Waals surface area (Å²) in [6.45, 7) is 4.13. The molecule has 1 saturated heterocycles. The molecule has 1 atom stereocenters. The Balaban J connectivity index is 0.00000192. The lowest BCUT2D eigenvalue weighted by Crippen LogP contribution is -2.36. The van der Waals surface area contributed by atoms with Gasteiger partial charge in [-0.3, -0.25) is 9.69 Å². The average molecular weight is 418 g/mol. The van der Waals surface area contributed by atoms with E-state index in [1.165, 1.54) is 16.8 Å². The SMILES string of the molecule is Cl.O=C1Nc2cc(Cl)ccc2C1C1CCN(Cc2cccc3c2NCC3)CC1. The summed E-state index contributed by atoms with van der Waals surface area (Å²) in [5, 5.41) is 7.24. The first-order valence-corrected chi connectivity index (χ1v) is 10.2. The average Bonchev–Trinajstić information content (AvgIpc) is 3.26. The van der Waals surface area contributed by atoms with Gasteiger partial charge in [0.25, 0.3) is 0 Å². The predicted molar refractivity (Wildman–Crippen MR) is 117 cm³/mol. The van der Waals surface area contributed by atoms with Crippen molar-refractivity contribution < 1.29 is 4.79 Å². The molecule has 2 aromatic rings. The molecule has 5 rings (SSSR count). The Morgan fingerprint density at radius 1 is 1.14 bits per heavy atom. The lowest BCUT2D eigenvalue weighted by Gasteiger charge is -2.34. The van der Waals surface area contributed by atoms with Gasteiger partial charge in [-0.05, 0) is 67.1 Å². The number of para-hydroxylation sites is 1. The third kappa shape index (κ3) is 3.49. The van der Waals surface area contributed by atoms with Crippen molar-refractivity contribution in [1.29, 1.82) is 0 Å². The molecule has 3 heterocycles. The minimum atomic E-state index is -0.0259. The monoisotopic (exact) mass is 417 g/mol. The molecule has 28 heavy (non-hydrogen) atoms. The highest BCUT2D eigenvalue weighted by Crippen LogP contribution is 2.42. The number of fused-ring (bicyclic) bond motifs is 2. The first-order valence-electron chi connectivity index (χ1n) is 9.86. The maximum atomic E-state index is 12.6. The molecule has 0 radical (unpaired) electrons. The maximum Gasteiger partial charge on any atom is 0.232 e. The number of carbonyl (C=O) groups excluding carboxylic acids is 1. The van der Waals surface area contributed by atoms with Crippen LogP contribution in [-0.4, -0.2) is 30.4 Å². The number of hydrogen-bond acceptors (Lipinski definition) is 3. The highest BCUT2D eigenvalue weighted by molar-refractivity contribution is 6.31. The molecule has 3 aliphatic rings. The number of hydrogen-bond donors (Lipinski definition) is 2. The second-order valence-corrected chi connectivity index (χ2v) is 8.38. The largest absolute Gasteiger partial charge is 0.384 e. The van der Waals surface area contributed by atoms with Crippen LogP contribution in [0.25, 0.3) is 0 Å². The van der Waals surface area contributed by atoms with Crippen LogP contribution in [0.5, 0.6) is 0 Å². The Hall–Kier alpha value is -1.75. The molecule has 3 aliphatic heterocycles. The number of carbonyl (C=O) groups is 1. The van der Waals surface area contributed by atoms with Gasteiger partial charge in [-0.25, -0.2) is 0 Å². The smallest absolute Gasteiger partial charge is 0.232 e. The zero-order valence-electron chi connectivity index (χ0n) is 15.7. The van der Waals surface area contributed by atoms with Crippen LogP contribution < -0.4 is 10.6 Å². The van der Waals surface area contributed by atoms with Crippen LogP contribution >= 0.6 is 24.0 Å². The van der Waals surface area contributed by atoms with Gasteiger partial charge in [0, 0.05) is 29.5 Å². The number of nitrogens with zero attached hydrogens (tertiary/aromatic N) is 1. The predicted octanol–water partition coefficient (Wildman–Crippen LogP) is 4.68. The van der Waals surface area contributed by atoms with E-state index in [0.717, 1.165) is 56.7 Å². The topological polar surface area (TPSA) is 44.4 Å². The third-order valence-electron chi connectivity index (χ3n) is 6.32. The summed E-state index contributed by atoms with van der Waals surface area (Å²) in [7, 11) is 0. The second kappa shape index (κ2) is 7.94. The van der Waals surface area contributed by atoms with Crippen LogP contribution in [0.15, 0.2) is 36.4 Å². The number of rotatable bonds is 3. The van der Waals surface area contributed by atoms with Gasteiger partial charge >= 0.3 is 0 Å². The van der Waals surface area contributed by atoms with Crippen molar-refractivity contribution in [2.45, 2.75) is 31.7 Å². The Morgan fingerprint density at radius 3 is 2.79 bits per heavy atom. The summed E-state index contributed by atoms with van der Waals surface area (Å²) < 4.78 is 0. The van der Waals surface area contributed by atoms with E-state index in [4.69, 9.17) is 11.6 Å². The lowest BCUT2D eigenvalue weighted by molar-refractivity contribution is -0.118. The van der Waals surface area contributed by atoms with Crippen LogP contribution in [0.2, 0.25) is 5.02 Å². The molecular formula is C22H25Cl2N3O. The standard InChI is InChI=1S/C22H24ClN3O.ClH/c23-17-4-5-18-19(12-17)25-22(27)20(18)14-7-10-26(11-8-14)13-16-3-1-2-15-6-9-24-21(15)16;/h1-5,12,14,20,24H,6-11,13H2,(H,25,27);1H. The summed E-state index contributed by atoms with van der Waals surface area (Å²) >= 11 is 6.08. The van der Waals surface area contributed by atoms with E-state index in [2.05, 4.69) is 33.7 Å². The number of likely N-dealkylation sites (tertiary alicyclic amines) is 1. The van der Waals surface area contributed by atoms with E-state index in [9.17, 15) is 4.79 Å². The Labute approximate surface area is 177 Å². The van der Waals surface area contributed by atoms with Gasteiger partial charge in [0.05, 0.1) is 5.92 Å². The quantitative estimate of drug-likeness (QED) is 0.761. The molecule has 2 aromatic carbocycles. The molecule has 1 fully saturated rings. The third-order valence-corrected chi connectivity index (χ3v) is 6.56. The summed E-state index contributed by atoms with van der Waals surface area (Å²) in [5.74, 6) is 0.515. The molecule has 0 aromatic heterocycles. The van der Waals surface area contributed by atoms with Crippen molar-refractivity contribution in [3.63, 3.8) is 0 Å². The number of nitrogens with one attached hydrogen (secondary N) is 2. The zero-order valence-corrected chi connectivity index (χ0v) is 17.3.